The van der Waals surface area contributed by atoms with Crippen molar-refractivity contribution in [1.29, 1.82) is 0 Å². The summed E-state index contributed by atoms with van der Waals surface area (Å²) in [5, 5.41) is 8.27. The predicted octanol–water partition coefficient (Wildman–Crippen LogP) is 10.8. The molecule has 2 aromatic heterocycles. The van der Waals surface area contributed by atoms with Gasteiger partial charge in [0.2, 0.25) is 0 Å². The number of fused-ring (bicyclic) bond motifs is 8. The number of carbonyl (C=O) groups excluding carboxylic acids is 2. The van der Waals surface area contributed by atoms with Gasteiger partial charge in [0.15, 0.2) is 0 Å². The van der Waals surface area contributed by atoms with Crippen LogP contribution in [0.4, 0.5) is 11.4 Å². The van der Waals surface area contributed by atoms with Gasteiger partial charge in [0.25, 0.3) is 11.8 Å². The van der Waals surface area contributed by atoms with Crippen LogP contribution in [-0.4, -0.2) is 31.8 Å². The highest BCUT2D eigenvalue weighted by Gasteiger charge is 2.40. The number of nitrogens with one attached hydrogen (secondary N) is 2. The van der Waals surface area contributed by atoms with Crippen molar-refractivity contribution in [3.63, 3.8) is 0 Å². The predicted molar refractivity (Wildman–Crippen MR) is 231 cm³/mol. The summed E-state index contributed by atoms with van der Waals surface area (Å²) in [4.78, 5) is 46.6. The van der Waals surface area contributed by atoms with Gasteiger partial charge in [0.1, 0.15) is 11.5 Å². The van der Waals surface area contributed by atoms with E-state index in [0.29, 0.717) is 51.0 Å². The molecule has 2 unspecified atom stereocenters. The topological polar surface area (TPSA) is 119 Å². The molecule has 2 N–H and O–H groups in total. The number of hydrogen-bond donors (Lipinski definition) is 2. The summed E-state index contributed by atoms with van der Waals surface area (Å²) in [5.74, 6) is 1.25. The second-order valence-corrected chi connectivity index (χ2v) is 15.1. The summed E-state index contributed by atoms with van der Waals surface area (Å²) in [6, 6.07) is 37.6. The van der Waals surface area contributed by atoms with Crippen LogP contribution in [-0.2, 0) is 0 Å². The third-order valence-electron chi connectivity index (χ3n) is 11.5. The van der Waals surface area contributed by atoms with Gasteiger partial charge >= 0.3 is 0 Å². The zero-order chi connectivity index (χ0) is 39.2. The van der Waals surface area contributed by atoms with E-state index in [4.69, 9.17) is 24.7 Å². The lowest BCUT2D eigenvalue weighted by atomic mass is 9.78. The molecule has 12 rings (SSSR count). The van der Waals surface area contributed by atoms with Crippen molar-refractivity contribution in [3.05, 3.63) is 180 Å². The molecule has 9 nitrogen and oxygen atoms in total. The Morgan fingerprint density at radius 3 is 1.51 bits per heavy atom. The van der Waals surface area contributed by atoms with E-state index in [-0.39, 0.29) is 17.7 Å². The molecule has 4 aliphatic carbocycles. The fraction of sp³-hybridized carbons (Fsp3) is 0.0400. The largest absolute Gasteiger partial charge is 0.457 e. The van der Waals surface area contributed by atoms with Crippen LogP contribution >= 0.6 is 0 Å². The Bertz CT molecular complexity index is 3290. The molecule has 6 aromatic carbocycles. The molecule has 0 radical (unpaired) electrons. The van der Waals surface area contributed by atoms with E-state index in [0.717, 1.165) is 55.7 Å². The lowest BCUT2D eigenvalue weighted by molar-refractivity contribution is 0.101. The maximum atomic E-state index is 13.3. The number of anilines is 2. The van der Waals surface area contributed by atoms with E-state index in [9.17, 15) is 9.59 Å². The van der Waals surface area contributed by atoms with Crippen molar-refractivity contribution in [2.45, 2.75) is 0 Å². The molecule has 0 saturated carbocycles. The van der Waals surface area contributed by atoms with Gasteiger partial charge in [-0.25, -0.2) is 19.9 Å². The molecule has 0 bridgehead atoms. The van der Waals surface area contributed by atoms with Gasteiger partial charge in [-0.05, 0) is 101 Å². The molecule has 278 valence electrons. The highest BCUT2D eigenvalue weighted by Crippen LogP contribution is 2.51. The number of hydrogen-bond acceptors (Lipinski definition) is 7. The molecule has 0 saturated heterocycles. The average molecular weight is 763 g/mol. The summed E-state index contributed by atoms with van der Waals surface area (Å²) in [6.45, 7) is 0. The molecule has 2 heterocycles. The first-order chi connectivity index (χ1) is 29.0. The van der Waals surface area contributed by atoms with Gasteiger partial charge in [0.05, 0.1) is 44.8 Å². The number of rotatable bonds is 6. The number of ether oxygens (including phenoxy) is 1. The van der Waals surface area contributed by atoms with Crippen LogP contribution in [0.25, 0.3) is 66.5 Å². The van der Waals surface area contributed by atoms with Crippen molar-refractivity contribution in [2.24, 2.45) is 11.8 Å². The SMILES string of the molecule is O=C(Nc1ccc(Oc2ccc(NC(=O)c3ccc4nc5c(nc4c3)-c3cccc4cccc-5c34)cc2)cc1)c1ccc2nc3c(nc2c1)C1=CC=CC2C=CC=C3C12. The van der Waals surface area contributed by atoms with Crippen molar-refractivity contribution in [1.82, 2.24) is 19.9 Å². The van der Waals surface area contributed by atoms with E-state index < -0.39 is 0 Å². The van der Waals surface area contributed by atoms with Crippen LogP contribution < -0.4 is 15.4 Å². The molecule has 4 aliphatic rings. The van der Waals surface area contributed by atoms with E-state index in [1.54, 1.807) is 72.8 Å². The van der Waals surface area contributed by atoms with Gasteiger partial charge in [0, 0.05) is 50.9 Å². The molecule has 59 heavy (non-hydrogen) atoms. The van der Waals surface area contributed by atoms with Crippen LogP contribution in [0, 0.1) is 11.8 Å². The Labute approximate surface area is 337 Å². The third-order valence-corrected chi connectivity index (χ3v) is 11.5. The fourth-order valence-electron chi connectivity index (χ4n) is 8.76. The molecule has 2 atom stereocenters. The van der Waals surface area contributed by atoms with Crippen LogP contribution in [0.2, 0.25) is 0 Å². The number of carbonyl (C=O) groups is 2. The Hall–Kier alpha value is -8.04. The average Bonchev–Trinajstić information content (AvgIpc) is 3.76. The highest BCUT2D eigenvalue weighted by molar-refractivity contribution is 6.14. The van der Waals surface area contributed by atoms with Gasteiger partial charge < -0.3 is 15.4 Å². The third kappa shape index (κ3) is 5.39. The van der Waals surface area contributed by atoms with Crippen LogP contribution in [0.5, 0.6) is 11.5 Å². The summed E-state index contributed by atoms with van der Waals surface area (Å²) in [7, 11) is 0. The quantitative estimate of drug-likeness (QED) is 0.173. The Balaban J connectivity index is 0.702. The smallest absolute Gasteiger partial charge is 0.255 e. The molecule has 0 aliphatic heterocycles. The zero-order valence-corrected chi connectivity index (χ0v) is 31.2. The lowest BCUT2D eigenvalue weighted by Gasteiger charge is -2.25. The first kappa shape index (κ1) is 33.1. The first-order valence-electron chi connectivity index (χ1n) is 19.5. The second kappa shape index (κ2) is 12.7. The standard InChI is InChI=1S/C50H30N6O3/c57-49(29-13-23-39-41(25-29)55-47-37-11-3-7-27-5-1-9-35(43(27)37)45(47)53-39)51-31-15-19-33(20-16-31)59-34-21-17-32(18-22-34)52-50(58)30-14-24-40-42(26-30)56-48-38-12-4-8-28-6-2-10-36(44(28)38)46(48)54-40/h1-27,43H,(H,51,57)(H,52,58). The van der Waals surface area contributed by atoms with Gasteiger partial charge in [-0.2, -0.15) is 0 Å². The van der Waals surface area contributed by atoms with Crippen molar-refractivity contribution in [2.75, 3.05) is 10.6 Å². The minimum Gasteiger partial charge on any atom is -0.457 e. The number of aromatic nitrogens is 4. The lowest BCUT2D eigenvalue weighted by Crippen LogP contribution is -2.14. The summed E-state index contributed by atoms with van der Waals surface area (Å²) >= 11 is 0. The van der Waals surface area contributed by atoms with E-state index >= 15 is 0 Å². The molecule has 0 fully saturated rings. The van der Waals surface area contributed by atoms with Crippen molar-refractivity contribution < 1.29 is 14.3 Å². The van der Waals surface area contributed by atoms with Gasteiger partial charge in [-0.1, -0.05) is 72.9 Å². The number of amides is 2. The second-order valence-electron chi connectivity index (χ2n) is 15.1. The summed E-state index contributed by atoms with van der Waals surface area (Å²) < 4.78 is 6.07. The summed E-state index contributed by atoms with van der Waals surface area (Å²) in [5.41, 5.74) is 13.1. The van der Waals surface area contributed by atoms with E-state index in [1.807, 2.05) is 24.3 Å². The van der Waals surface area contributed by atoms with Crippen molar-refractivity contribution >= 4 is 67.2 Å². The number of allylic oxidation sites excluding steroid dienone is 8. The fourth-order valence-corrected chi connectivity index (χ4v) is 8.76. The van der Waals surface area contributed by atoms with Crippen molar-refractivity contribution in [3.8, 4) is 34.0 Å². The maximum Gasteiger partial charge on any atom is 0.255 e. The molecular formula is C50H30N6O3. The minimum absolute atomic E-state index is 0.245. The summed E-state index contributed by atoms with van der Waals surface area (Å²) in [6.07, 6.45) is 12.9. The minimum atomic E-state index is -0.253. The molecule has 2 amide bonds. The number of nitrogens with zero attached hydrogens (tertiary/aromatic N) is 4. The molecule has 9 heteroatoms. The Morgan fingerprint density at radius 1 is 0.508 bits per heavy atom. The van der Waals surface area contributed by atoms with Crippen LogP contribution in [0.3, 0.4) is 0 Å². The van der Waals surface area contributed by atoms with Crippen LogP contribution in [0.1, 0.15) is 32.1 Å². The molecular weight excluding hydrogens is 733 g/mol. The van der Waals surface area contributed by atoms with Crippen LogP contribution in [0.15, 0.2) is 158 Å². The number of benzene rings is 6. The van der Waals surface area contributed by atoms with Gasteiger partial charge in [-0.15, -0.1) is 0 Å². The Kier molecular flexibility index (Phi) is 7.15. The van der Waals surface area contributed by atoms with Gasteiger partial charge in [-0.3, -0.25) is 9.59 Å². The van der Waals surface area contributed by atoms with E-state index in [1.165, 1.54) is 11.1 Å². The molecule has 0 spiro atoms. The monoisotopic (exact) mass is 762 g/mol. The first-order valence-corrected chi connectivity index (χ1v) is 19.5. The molecule has 8 aromatic rings. The Morgan fingerprint density at radius 2 is 0.983 bits per heavy atom. The maximum absolute atomic E-state index is 13.3. The highest BCUT2D eigenvalue weighted by atomic mass is 16.5. The normalized spacial score (nSPS) is 16.3. The van der Waals surface area contributed by atoms with E-state index in [2.05, 4.69) is 71.4 Å². The zero-order valence-electron chi connectivity index (χ0n) is 31.2.